The van der Waals surface area contributed by atoms with E-state index in [1.807, 2.05) is 32.0 Å². The molecule has 2 aliphatic rings. The molecule has 1 spiro atoms. The molecule has 4 bridgehead atoms. The lowest BCUT2D eigenvalue weighted by molar-refractivity contribution is -0.0250. The Kier molecular flexibility index (Phi) is 8.55. The summed E-state index contributed by atoms with van der Waals surface area (Å²) in [6, 6.07) is 13.7. The molecule has 3 aromatic rings. The Balaban J connectivity index is 1.50. The highest BCUT2D eigenvalue weighted by molar-refractivity contribution is 7.92. The van der Waals surface area contributed by atoms with E-state index < -0.39 is 21.7 Å². The van der Waals surface area contributed by atoms with Crippen LogP contribution in [0.15, 0.2) is 53.4 Å². The molecule has 0 saturated carbocycles. The van der Waals surface area contributed by atoms with Gasteiger partial charge in [-0.15, -0.1) is 0 Å². The number of carbonyl (C=O) groups excluding carboxylic acids is 1. The first-order chi connectivity index (χ1) is 20.2. The third-order valence-corrected chi connectivity index (χ3v) is 9.60. The molecule has 1 unspecified atom stereocenters. The van der Waals surface area contributed by atoms with Gasteiger partial charge in [-0.3, -0.25) is 4.79 Å². The maximum absolute atomic E-state index is 13.6. The van der Waals surface area contributed by atoms with Gasteiger partial charge in [0.2, 0.25) is 11.8 Å². The first kappa shape index (κ1) is 30.9. The number of anilines is 1. The highest BCUT2D eigenvalue weighted by Crippen LogP contribution is 2.34. The molecule has 43 heavy (non-hydrogen) atoms. The Bertz CT molecular complexity index is 1590. The van der Waals surface area contributed by atoms with Crippen molar-refractivity contribution in [1.82, 2.24) is 20.2 Å². The lowest BCUT2D eigenvalue weighted by Crippen LogP contribution is -2.59. The third-order valence-electron chi connectivity index (χ3n) is 8.28. The van der Waals surface area contributed by atoms with Crippen LogP contribution in [0.25, 0.3) is 11.3 Å². The fourth-order valence-electron chi connectivity index (χ4n) is 6.27. The standard InChI is InChI=1S/C33H43N5O4S/c1-22(21-32(4,5)6)13-16-38-17-14-33(15-18-38)36-30(39)25-11-8-12-26(19-25)43(40,41)37-31-34-27(20-28(35-31)42-33)29-23(2)9-7-10-24(29)3/h7-12,19-20,22H,13-18,21H2,1-6H3,(H,36,39)(H,34,35,37). The number of fused-ring (bicyclic) bond motifs is 4. The number of rotatable bonds is 5. The predicted molar refractivity (Wildman–Crippen MR) is 169 cm³/mol. The van der Waals surface area contributed by atoms with Crippen molar-refractivity contribution < 1.29 is 17.9 Å². The van der Waals surface area contributed by atoms with Crippen molar-refractivity contribution in [3.05, 3.63) is 65.2 Å². The van der Waals surface area contributed by atoms with Gasteiger partial charge in [0.05, 0.1) is 10.6 Å². The average Bonchev–Trinajstić information content (AvgIpc) is 2.91. The van der Waals surface area contributed by atoms with Gasteiger partial charge < -0.3 is 15.0 Å². The smallest absolute Gasteiger partial charge is 0.264 e. The summed E-state index contributed by atoms with van der Waals surface area (Å²) >= 11 is 0. The minimum absolute atomic E-state index is 0.0440. The van der Waals surface area contributed by atoms with E-state index >= 15 is 0 Å². The number of benzene rings is 2. The van der Waals surface area contributed by atoms with E-state index in [0.29, 0.717) is 29.9 Å². The van der Waals surface area contributed by atoms with Crippen LogP contribution >= 0.6 is 0 Å². The second kappa shape index (κ2) is 11.9. The predicted octanol–water partition coefficient (Wildman–Crippen LogP) is 5.94. The van der Waals surface area contributed by atoms with Gasteiger partial charge in [-0.05, 0) is 73.9 Å². The SMILES string of the molecule is Cc1cccc(C)c1-c1cc2nc(n1)NS(=O)(=O)c1cccc(c1)C(=O)NC1(CCN(CCC(C)CC(C)(C)C)CC1)O2. The summed E-state index contributed by atoms with van der Waals surface area (Å²) in [4.78, 5) is 25.0. The minimum Gasteiger partial charge on any atom is -0.451 e. The summed E-state index contributed by atoms with van der Waals surface area (Å²) in [5, 5.41) is 3.13. The maximum Gasteiger partial charge on any atom is 0.264 e. The monoisotopic (exact) mass is 605 g/mol. The molecule has 230 valence electrons. The molecular formula is C33H43N5O4S. The van der Waals surface area contributed by atoms with Crippen LogP contribution in [0.3, 0.4) is 0 Å². The van der Waals surface area contributed by atoms with Gasteiger partial charge in [-0.25, -0.2) is 18.1 Å². The summed E-state index contributed by atoms with van der Waals surface area (Å²) in [6.45, 7) is 15.6. The van der Waals surface area contributed by atoms with Crippen molar-refractivity contribution >= 4 is 21.9 Å². The molecule has 5 rings (SSSR count). The van der Waals surface area contributed by atoms with E-state index in [-0.39, 0.29) is 22.3 Å². The maximum atomic E-state index is 13.6. The quantitative estimate of drug-likeness (QED) is 0.370. The zero-order valence-corrected chi connectivity index (χ0v) is 26.8. The average molecular weight is 606 g/mol. The first-order valence-electron chi connectivity index (χ1n) is 15.0. The van der Waals surface area contributed by atoms with Gasteiger partial charge in [-0.1, -0.05) is 52.0 Å². The number of hydrogen-bond donors (Lipinski definition) is 2. The molecule has 1 amide bonds. The van der Waals surface area contributed by atoms with Gasteiger partial charge in [-0.2, -0.15) is 4.98 Å². The second-order valence-electron chi connectivity index (χ2n) is 13.4. The first-order valence-corrected chi connectivity index (χ1v) is 16.5. The van der Waals surface area contributed by atoms with Crippen molar-refractivity contribution in [2.24, 2.45) is 11.3 Å². The fourth-order valence-corrected chi connectivity index (χ4v) is 7.26. The Morgan fingerprint density at radius 2 is 1.70 bits per heavy atom. The van der Waals surface area contributed by atoms with E-state index in [9.17, 15) is 13.2 Å². The molecule has 1 fully saturated rings. The Labute approximate surface area is 255 Å². The van der Waals surface area contributed by atoms with Gasteiger partial charge in [0.1, 0.15) is 0 Å². The van der Waals surface area contributed by atoms with Crippen molar-refractivity contribution in [3.8, 4) is 17.1 Å². The van der Waals surface area contributed by atoms with Gasteiger partial charge in [0, 0.05) is 43.1 Å². The Morgan fingerprint density at radius 3 is 2.37 bits per heavy atom. The molecule has 2 N–H and O–H groups in total. The molecule has 2 aromatic carbocycles. The normalized spacial score (nSPS) is 18.9. The number of ether oxygens (including phenoxy) is 1. The van der Waals surface area contributed by atoms with Crippen LogP contribution in [0.5, 0.6) is 5.88 Å². The summed E-state index contributed by atoms with van der Waals surface area (Å²) < 4.78 is 35.8. The third kappa shape index (κ3) is 7.36. The zero-order valence-electron chi connectivity index (χ0n) is 26.0. The molecule has 2 aliphatic heterocycles. The van der Waals surface area contributed by atoms with E-state index in [0.717, 1.165) is 42.7 Å². The van der Waals surface area contributed by atoms with Gasteiger partial charge in [0.25, 0.3) is 15.9 Å². The van der Waals surface area contributed by atoms with Gasteiger partial charge in [0.15, 0.2) is 5.72 Å². The van der Waals surface area contributed by atoms with Crippen LogP contribution in [-0.2, 0) is 10.0 Å². The van der Waals surface area contributed by atoms with Gasteiger partial charge >= 0.3 is 0 Å². The van der Waals surface area contributed by atoms with Crippen molar-refractivity contribution in [1.29, 1.82) is 0 Å². The molecule has 0 aliphatic carbocycles. The largest absolute Gasteiger partial charge is 0.451 e. The summed E-state index contributed by atoms with van der Waals surface area (Å²) in [6.07, 6.45) is 3.39. The van der Waals surface area contributed by atoms with Crippen molar-refractivity contribution in [2.75, 3.05) is 24.4 Å². The number of aromatic nitrogens is 2. The molecular weight excluding hydrogens is 562 g/mol. The van der Waals surface area contributed by atoms with Crippen LogP contribution in [0, 0.1) is 25.2 Å². The van der Waals surface area contributed by atoms with Crippen molar-refractivity contribution in [2.45, 2.75) is 77.8 Å². The van der Waals surface area contributed by atoms with Crippen LogP contribution in [0.1, 0.15) is 74.9 Å². The number of amides is 1. The summed E-state index contributed by atoms with van der Waals surface area (Å²) in [5.41, 5.74) is 2.91. The highest BCUT2D eigenvalue weighted by atomic mass is 32.2. The molecule has 9 nitrogen and oxygen atoms in total. The molecule has 3 heterocycles. The van der Waals surface area contributed by atoms with E-state index in [1.165, 1.54) is 18.6 Å². The zero-order chi connectivity index (χ0) is 31.0. The molecule has 1 saturated heterocycles. The van der Waals surface area contributed by atoms with Crippen LogP contribution < -0.4 is 14.8 Å². The molecule has 1 aromatic heterocycles. The summed E-state index contributed by atoms with van der Waals surface area (Å²) in [7, 11) is -4.07. The van der Waals surface area contributed by atoms with E-state index in [2.05, 4.69) is 52.6 Å². The molecule has 10 heteroatoms. The number of carbonyl (C=O) groups is 1. The highest BCUT2D eigenvalue weighted by Gasteiger charge is 2.40. The lowest BCUT2D eigenvalue weighted by atomic mass is 9.84. The lowest BCUT2D eigenvalue weighted by Gasteiger charge is -2.42. The van der Waals surface area contributed by atoms with Crippen LogP contribution in [-0.4, -0.2) is 54.6 Å². The second-order valence-corrected chi connectivity index (χ2v) is 15.0. The van der Waals surface area contributed by atoms with Crippen LogP contribution in [0.4, 0.5) is 5.95 Å². The minimum atomic E-state index is -4.07. The van der Waals surface area contributed by atoms with E-state index in [4.69, 9.17) is 4.74 Å². The number of piperidine rings is 1. The topological polar surface area (TPSA) is 114 Å². The number of nitrogens with zero attached hydrogens (tertiary/aromatic N) is 3. The Morgan fingerprint density at radius 1 is 1.02 bits per heavy atom. The number of nitrogens with one attached hydrogen (secondary N) is 2. The fraction of sp³-hybridized carbons (Fsp3) is 0.485. The summed E-state index contributed by atoms with van der Waals surface area (Å²) in [5.74, 6) is 0.330. The molecule has 1 atom stereocenters. The molecule has 0 radical (unpaired) electrons. The number of likely N-dealkylation sites (tertiary alicyclic amines) is 1. The number of hydrogen-bond acceptors (Lipinski definition) is 7. The van der Waals surface area contributed by atoms with Crippen LogP contribution in [0.2, 0.25) is 0 Å². The number of aryl methyl sites for hydroxylation is 2. The Hall–Kier alpha value is -3.50. The van der Waals surface area contributed by atoms with Crippen molar-refractivity contribution in [3.63, 3.8) is 0 Å². The number of sulfonamides is 1. The van der Waals surface area contributed by atoms with E-state index in [1.54, 1.807) is 18.2 Å².